The van der Waals surface area contributed by atoms with Gasteiger partial charge in [-0.15, -0.1) is 0 Å². The molecule has 6 nitrogen and oxygen atoms in total. The van der Waals surface area contributed by atoms with Gasteiger partial charge in [0.05, 0.1) is 4.92 Å². The summed E-state index contributed by atoms with van der Waals surface area (Å²) in [5, 5.41) is 14.0. The van der Waals surface area contributed by atoms with Crippen molar-refractivity contribution < 1.29 is 14.5 Å². The summed E-state index contributed by atoms with van der Waals surface area (Å²) in [5.74, 6) is 0.0340. The van der Waals surface area contributed by atoms with Gasteiger partial charge >= 0.3 is 0 Å². The summed E-state index contributed by atoms with van der Waals surface area (Å²) in [4.78, 5) is 22.3. The SMILES string of the molecule is Cc1cc(OCC(=O)Nc2ccccc2[N+](=O)[O-])cc(C)c1Cl. The zero-order valence-corrected chi connectivity index (χ0v) is 13.4. The Bertz CT molecular complexity index is 738. The highest BCUT2D eigenvalue weighted by molar-refractivity contribution is 6.32. The fourth-order valence-electron chi connectivity index (χ4n) is 2.06. The zero-order chi connectivity index (χ0) is 17.0. The first kappa shape index (κ1) is 16.8. The lowest BCUT2D eigenvalue weighted by Crippen LogP contribution is -2.20. The number of nitrogens with zero attached hydrogens (tertiary/aromatic N) is 1. The van der Waals surface area contributed by atoms with Crippen LogP contribution in [0.1, 0.15) is 11.1 Å². The quantitative estimate of drug-likeness (QED) is 0.664. The van der Waals surface area contributed by atoms with Crippen LogP contribution in [0.25, 0.3) is 0 Å². The molecule has 120 valence electrons. The largest absolute Gasteiger partial charge is 0.484 e. The number of amides is 1. The lowest BCUT2D eigenvalue weighted by atomic mass is 10.1. The van der Waals surface area contributed by atoms with E-state index in [4.69, 9.17) is 16.3 Å². The monoisotopic (exact) mass is 334 g/mol. The molecule has 0 radical (unpaired) electrons. The highest BCUT2D eigenvalue weighted by Crippen LogP contribution is 2.26. The van der Waals surface area contributed by atoms with Crippen LogP contribution >= 0.6 is 11.6 Å². The molecule has 0 atom stereocenters. The number of ether oxygens (including phenoxy) is 1. The summed E-state index contributed by atoms with van der Waals surface area (Å²) in [6.07, 6.45) is 0. The van der Waals surface area contributed by atoms with Gasteiger partial charge in [-0.2, -0.15) is 0 Å². The first-order chi connectivity index (χ1) is 10.9. The van der Waals surface area contributed by atoms with E-state index in [0.717, 1.165) is 11.1 Å². The number of nitrogens with one attached hydrogen (secondary N) is 1. The molecule has 1 N–H and O–H groups in total. The predicted octanol–water partition coefficient (Wildman–Crippen LogP) is 3.88. The maximum absolute atomic E-state index is 11.9. The van der Waals surface area contributed by atoms with Crippen molar-refractivity contribution in [2.75, 3.05) is 11.9 Å². The number of halogens is 1. The van der Waals surface area contributed by atoms with Crippen LogP contribution in [0.15, 0.2) is 36.4 Å². The molecular formula is C16H15ClN2O4. The van der Waals surface area contributed by atoms with Crippen LogP contribution < -0.4 is 10.1 Å². The molecule has 0 unspecified atom stereocenters. The summed E-state index contributed by atoms with van der Waals surface area (Å²) in [7, 11) is 0. The molecule has 2 aromatic carbocycles. The number of benzene rings is 2. The third-order valence-corrected chi connectivity index (χ3v) is 3.75. The van der Waals surface area contributed by atoms with E-state index in [1.807, 2.05) is 13.8 Å². The van der Waals surface area contributed by atoms with E-state index in [2.05, 4.69) is 5.32 Å². The van der Waals surface area contributed by atoms with Crippen molar-refractivity contribution in [2.24, 2.45) is 0 Å². The lowest BCUT2D eigenvalue weighted by Gasteiger charge is -2.10. The Morgan fingerprint density at radius 2 is 1.87 bits per heavy atom. The van der Waals surface area contributed by atoms with E-state index >= 15 is 0 Å². The van der Waals surface area contributed by atoms with Crippen LogP contribution in [0, 0.1) is 24.0 Å². The molecule has 23 heavy (non-hydrogen) atoms. The Morgan fingerprint density at radius 3 is 2.48 bits per heavy atom. The van der Waals surface area contributed by atoms with Crippen LogP contribution in [0.5, 0.6) is 5.75 Å². The normalized spacial score (nSPS) is 10.2. The molecule has 1 amide bonds. The molecule has 0 spiro atoms. The van der Waals surface area contributed by atoms with Gasteiger partial charge in [0.1, 0.15) is 11.4 Å². The number of carbonyl (C=O) groups is 1. The Kier molecular flexibility index (Phi) is 5.18. The van der Waals surface area contributed by atoms with Crippen LogP contribution in [0.3, 0.4) is 0 Å². The summed E-state index contributed by atoms with van der Waals surface area (Å²) in [6, 6.07) is 9.38. The topological polar surface area (TPSA) is 81.5 Å². The molecule has 2 rings (SSSR count). The minimum Gasteiger partial charge on any atom is -0.484 e. The molecule has 0 aliphatic rings. The highest BCUT2D eigenvalue weighted by Gasteiger charge is 2.15. The number of nitro benzene ring substituents is 1. The second kappa shape index (κ2) is 7.11. The summed E-state index contributed by atoms with van der Waals surface area (Å²) in [6.45, 7) is 3.43. The van der Waals surface area contributed by atoms with Gasteiger partial charge in [0.15, 0.2) is 6.61 Å². The van der Waals surface area contributed by atoms with Gasteiger partial charge in [0.2, 0.25) is 0 Å². The van der Waals surface area contributed by atoms with Crippen molar-refractivity contribution >= 4 is 28.9 Å². The summed E-state index contributed by atoms with van der Waals surface area (Å²) >= 11 is 6.07. The van der Waals surface area contributed by atoms with E-state index in [1.54, 1.807) is 18.2 Å². The van der Waals surface area contributed by atoms with Crippen molar-refractivity contribution in [1.82, 2.24) is 0 Å². The van der Waals surface area contributed by atoms with Gasteiger partial charge in [0.25, 0.3) is 11.6 Å². The van der Waals surface area contributed by atoms with Crippen molar-refractivity contribution in [3.63, 3.8) is 0 Å². The minimum atomic E-state index is -0.553. The Morgan fingerprint density at radius 1 is 1.26 bits per heavy atom. The number of anilines is 1. The maximum Gasteiger partial charge on any atom is 0.292 e. The predicted molar refractivity (Wildman–Crippen MR) is 88.1 cm³/mol. The molecule has 0 bridgehead atoms. The van der Waals surface area contributed by atoms with E-state index < -0.39 is 10.8 Å². The molecule has 7 heteroatoms. The number of aryl methyl sites for hydroxylation is 2. The second-order valence-corrected chi connectivity index (χ2v) is 5.36. The van der Waals surface area contributed by atoms with E-state index in [0.29, 0.717) is 10.8 Å². The van der Waals surface area contributed by atoms with Crippen LogP contribution in [-0.4, -0.2) is 17.4 Å². The Balaban J connectivity index is 2.03. The minimum absolute atomic E-state index is 0.134. The van der Waals surface area contributed by atoms with Crippen molar-refractivity contribution in [2.45, 2.75) is 13.8 Å². The molecule has 0 aromatic heterocycles. The smallest absolute Gasteiger partial charge is 0.292 e. The zero-order valence-electron chi connectivity index (χ0n) is 12.6. The first-order valence-electron chi connectivity index (χ1n) is 6.81. The van der Waals surface area contributed by atoms with Gasteiger partial charge in [0, 0.05) is 11.1 Å². The number of para-hydroxylation sites is 2. The summed E-state index contributed by atoms with van der Waals surface area (Å²) in [5.41, 5.74) is 1.66. The van der Waals surface area contributed by atoms with Gasteiger partial charge in [-0.1, -0.05) is 23.7 Å². The van der Waals surface area contributed by atoms with Crippen LogP contribution in [0.2, 0.25) is 5.02 Å². The van der Waals surface area contributed by atoms with Crippen molar-refractivity contribution in [1.29, 1.82) is 0 Å². The number of rotatable bonds is 5. The fourth-order valence-corrected chi connectivity index (χ4v) is 2.17. The molecule has 0 fully saturated rings. The van der Waals surface area contributed by atoms with Crippen LogP contribution in [0.4, 0.5) is 11.4 Å². The van der Waals surface area contributed by atoms with Gasteiger partial charge in [-0.3, -0.25) is 14.9 Å². The Labute approximate surface area is 138 Å². The van der Waals surface area contributed by atoms with Gasteiger partial charge < -0.3 is 10.1 Å². The maximum atomic E-state index is 11.9. The third-order valence-electron chi connectivity index (χ3n) is 3.15. The molecule has 0 heterocycles. The average Bonchev–Trinajstić information content (AvgIpc) is 2.50. The van der Waals surface area contributed by atoms with E-state index in [-0.39, 0.29) is 18.0 Å². The van der Waals surface area contributed by atoms with Gasteiger partial charge in [-0.05, 0) is 43.2 Å². The molecule has 0 aliphatic carbocycles. The molecule has 0 saturated heterocycles. The average molecular weight is 335 g/mol. The third kappa shape index (κ3) is 4.20. The second-order valence-electron chi connectivity index (χ2n) is 4.98. The van der Waals surface area contributed by atoms with E-state index in [9.17, 15) is 14.9 Å². The molecular weight excluding hydrogens is 320 g/mol. The van der Waals surface area contributed by atoms with E-state index in [1.165, 1.54) is 18.2 Å². The number of hydrogen-bond donors (Lipinski definition) is 1. The summed E-state index contributed by atoms with van der Waals surface area (Å²) < 4.78 is 5.42. The fraction of sp³-hybridized carbons (Fsp3) is 0.188. The number of hydrogen-bond acceptors (Lipinski definition) is 4. The van der Waals surface area contributed by atoms with Crippen LogP contribution in [-0.2, 0) is 4.79 Å². The first-order valence-corrected chi connectivity index (χ1v) is 7.19. The lowest BCUT2D eigenvalue weighted by molar-refractivity contribution is -0.383. The van der Waals surface area contributed by atoms with Crippen molar-refractivity contribution in [3.8, 4) is 5.75 Å². The number of nitro groups is 1. The molecule has 0 aliphatic heterocycles. The van der Waals surface area contributed by atoms with Gasteiger partial charge in [-0.25, -0.2) is 0 Å². The number of carbonyl (C=O) groups excluding carboxylic acids is 1. The molecule has 0 saturated carbocycles. The Hall–Kier alpha value is -2.60. The molecule has 2 aromatic rings. The highest BCUT2D eigenvalue weighted by atomic mass is 35.5. The standard InChI is InChI=1S/C16H15ClN2O4/c1-10-7-12(8-11(2)16(10)17)23-9-15(20)18-13-5-3-4-6-14(13)19(21)22/h3-8H,9H2,1-2H3,(H,18,20). The van der Waals surface area contributed by atoms with Crippen molar-refractivity contribution in [3.05, 3.63) is 62.7 Å².